The van der Waals surface area contributed by atoms with Crippen LogP contribution in [0.4, 0.5) is 10.1 Å². The summed E-state index contributed by atoms with van der Waals surface area (Å²) in [7, 11) is 0. The second-order valence-electron chi connectivity index (χ2n) is 4.08. The molecule has 1 heterocycles. The van der Waals surface area contributed by atoms with Gasteiger partial charge in [0.1, 0.15) is 11.9 Å². The summed E-state index contributed by atoms with van der Waals surface area (Å²) in [5, 5.41) is 15.9. The lowest BCUT2D eigenvalue weighted by Gasteiger charge is -2.15. The van der Waals surface area contributed by atoms with Crippen LogP contribution in [0.2, 0.25) is 0 Å². The van der Waals surface area contributed by atoms with Crippen molar-refractivity contribution in [1.29, 1.82) is 5.26 Å². The van der Waals surface area contributed by atoms with E-state index in [0.717, 1.165) is 0 Å². The van der Waals surface area contributed by atoms with Gasteiger partial charge >= 0.3 is 0 Å². The van der Waals surface area contributed by atoms with Crippen LogP contribution in [-0.2, 0) is 6.54 Å². The van der Waals surface area contributed by atoms with Crippen molar-refractivity contribution in [3.63, 3.8) is 0 Å². The first kappa shape index (κ1) is 12.1. The van der Waals surface area contributed by atoms with E-state index in [0.29, 0.717) is 12.2 Å². The van der Waals surface area contributed by atoms with E-state index >= 15 is 0 Å². The number of halogens is 1. The molecule has 1 atom stereocenters. The average Bonchev–Trinajstić information content (AvgIpc) is 2.82. The minimum absolute atomic E-state index is 0.0558. The quantitative estimate of drug-likeness (QED) is 0.898. The highest BCUT2D eigenvalue weighted by Crippen LogP contribution is 2.14. The summed E-state index contributed by atoms with van der Waals surface area (Å²) in [4.78, 5) is 0. The number of anilines is 1. The fourth-order valence-corrected chi connectivity index (χ4v) is 1.71. The van der Waals surface area contributed by atoms with Gasteiger partial charge in [0.2, 0.25) is 0 Å². The average molecular weight is 244 g/mol. The minimum atomic E-state index is -0.506. The monoisotopic (exact) mass is 244 g/mol. The van der Waals surface area contributed by atoms with E-state index in [-0.39, 0.29) is 11.6 Å². The third kappa shape index (κ3) is 2.86. The van der Waals surface area contributed by atoms with Gasteiger partial charge in [0.05, 0.1) is 12.1 Å². The maximum Gasteiger partial charge on any atom is 0.143 e. The summed E-state index contributed by atoms with van der Waals surface area (Å²) < 4.78 is 15.2. The number of aromatic nitrogens is 2. The molecular formula is C13H13FN4. The van der Waals surface area contributed by atoms with Crippen LogP contribution in [0.3, 0.4) is 0 Å². The molecule has 0 aliphatic heterocycles. The van der Waals surface area contributed by atoms with E-state index in [4.69, 9.17) is 5.26 Å². The lowest BCUT2D eigenvalue weighted by molar-refractivity contribution is 0.560. The largest absolute Gasteiger partial charge is 0.381 e. The number of nitrogens with one attached hydrogen (secondary N) is 1. The number of nitriles is 1. The zero-order valence-corrected chi connectivity index (χ0v) is 9.97. The van der Waals surface area contributed by atoms with Gasteiger partial charge in [-0.05, 0) is 31.2 Å². The Morgan fingerprint density at radius 1 is 1.56 bits per heavy atom. The van der Waals surface area contributed by atoms with Crippen LogP contribution in [0.15, 0.2) is 36.7 Å². The van der Waals surface area contributed by atoms with Crippen LogP contribution >= 0.6 is 0 Å². The number of nitrogens with zero attached hydrogens (tertiary/aromatic N) is 3. The van der Waals surface area contributed by atoms with Crippen LogP contribution in [0.25, 0.3) is 0 Å². The summed E-state index contributed by atoms with van der Waals surface area (Å²) in [5.74, 6) is -0.506. The summed E-state index contributed by atoms with van der Waals surface area (Å²) in [6, 6.07) is 8.26. The Morgan fingerprint density at radius 3 is 3.00 bits per heavy atom. The maximum absolute atomic E-state index is 13.4. The molecule has 0 spiro atoms. The number of rotatable bonds is 4. The smallest absolute Gasteiger partial charge is 0.143 e. The first-order chi connectivity index (χ1) is 8.69. The molecule has 0 aliphatic carbocycles. The Morgan fingerprint density at radius 2 is 2.39 bits per heavy atom. The van der Waals surface area contributed by atoms with Crippen molar-refractivity contribution in [2.45, 2.75) is 19.5 Å². The second-order valence-corrected chi connectivity index (χ2v) is 4.08. The number of hydrogen-bond donors (Lipinski definition) is 1. The van der Waals surface area contributed by atoms with Crippen molar-refractivity contribution in [3.05, 3.63) is 48.0 Å². The number of benzene rings is 1. The summed E-state index contributed by atoms with van der Waals surface area (Å²) in [6.07, 6.45) is 3.59. The van der Waals surface area contributed by atoms with Crippen molar-refractivity contribution in [1.82, 2.24) is 9.78 Å². The fourth-order valence-electron chi connectivity index (χ4n) is 1.71. The van der Waals surface area contributed by atoms with Gasteiger partial charge in [0, 0.05) is 24.1 Å². The zero-order chi connectivity index (χ0) is 13.0. The molecule has 0 saturated carbocycles. The second kappa shape index (κ2) is 5.32. The molecule has 5 heteroatoms. The molecule has 0 bridgehead atoms. The van der Waals surface area contributed by atoms with Crippen LogP contribution in [0, 0.1) is 17.1 Å². The highest BCUT2D eigenvalue weighted by Gasteiger charge is 2.06. The zero-order valence-electron chi connectivity index (χ0n) is 9.97. The molecule has 92 valence electrons. The van der Waals surface area contributed by atoms with Gasteiger partial charge in [-0.3, -0.25) is 4.68 Å². The standard InChI is InChI=1S/C13H13FN4/c1-10(9-18-6-2-5-16-18)17-12-4-3-11(8-15)13(14)7-12/h2-7,10,17H,9H2,1H3. The van der Waals surface area contributed by atoms with Crippen LogP contribution < -0.4 is 5.32 Å². The van der Waals surface area contributed by atoms with Crippen molar-refractivity contribution in [3.8, 4) is 6.07 Å². The topological polar surface area (TPSA) is 53.6 Å². The van der Waals surface area contributed by atoms with E-state index in [2.05, 4.69) is 10.4 Å². The lowest BCUT2D eigenvalue weighted by Crippen LogP contribution is -2.22. The normalized spacial score (nSPS) is 11.8. The molecule has 0 amide bonds. The molecule has 0 radical (unpaired) electrons. The molecule has 0 saturated heterocycles. The van der Waals surface area contributed by atoms with Crippen molar-refractivity contribution in [2.24, 2.45) is 0 Å². The molecule has 0 aliphatic rings. The molecule has 1 aromatic heterocycles. The van der Waals surface area contributed by atoms with E-state index in [1.807, 2.05) is 19.2 Å². The van der Waals surface area contributed by atoms with Gasteiger partial charge in [-0.15, -0.1) is 0 Å². The third-order valence-corrected chi connectivity index (χ3v) is 2.52. The van der Waals surface area contributed by atoms with Crippen LogP contribution in [0.1, 0.15) is 12.5 Å². The Hall–Kier alpha value is -2.35. The molecule has 4 nitrogen and oxygen atoms in total. The Bertz CT molecular complexity index is 557. The molecule has 2 aromatic rings. The lowest BCUT2D eigenvalue weighted by atomic mass is 10.2. The molecule has 1 aromatic carbocycles. The van der Waals surface area contributed by atoms with Gasteiger partial charge in [-0.25, -0.2) is 4.39 Å². The first-order valence-corrected chi connectivity index (χ1v) is 5.62. The Labute approximate surface area is 105 Å². The SMILES string of the molecule is CC(Cn1cccn1)Nc1ccc(C#N)c(F)c1. The molecule has 1 N–H and O–H groups in total. The van der Waals surface area contributed by atoms with Crippen molar-refractivity contribution < 1.29 is 4.39 Å². The van der Waals surface area contributed by atoms with E-state index in [1.165, 1.54) is 12.1 Å². The van der Waals surface area contributed by atoms with E-state index in [9.17, 15) is 4.39 Å². The molecular weight excluding hydrogens is 231 g/mol. The first-order valence-electron chi connectivity index (χ1n) is 5.62. The summed E-state index contributed by atoms with van der Waals surface area (Å²) in [6.45, 7) is 2.67. The Balaban J connectivity index is 2.01. The van der Waals surface area contributed by atoms with Gasteiger partial charge in [-0.2, -0.15) is 10.4 Å². The molecule has 18 heavy (non-hydrogen) atoms. The molecule has 2 rings (SSSR count). The third-order valence-electron chi connectivity index (χ3n) is 2.52. The highest BCUT2D eigenvalue weighted by atomic mass is 19.1. The predicted molar refractivity (Wildman–Crippen MR) is 66.4 cm³/mol. The van der Waals surface area contributed by atoms with Crippen molar-refractivity contribution in [2.75, 3.05) is 5.32 Å². The fraction of sp³-hybridized carbons (Fsp3) is 0.231. The molecule has 1 unspecified atom stereocenters. The highest BCUT2D eigenvalue weighted by molar-refractivity contribution is 5.48. The predicted octanol–water partition coefficient (Wildman–Crippen LogP) is 2.39. The Kier molecular flexibility index (Phi) is 3.58. The minimum Gasteiger partial charge on any atom is -0.381 e. The van der Waals surface area contributed by atoms with Crippen LogP contribution in [-0.4, -0.2) is 15.8 Å². The van der Waals surface area contributed by atoms with E-state index in [1.54, 1.807) is 23.0 Å². The van der Waals surface area contributed by atoms with Crippen LogP contribution in [0.5, 0.6) is 0 Å². The van der Waals surface area contributed by atoms with Gasteiger partial charge < -0.3 is 5.32 Å². The van der Waals surface area contributed by atoms with Crippen molar-refractivity contribution >= 4 is 5.69 Å². The maximum atomic E-state index is 13.4. The van der Waals surface area contributed by atoms with Gasteiger partial charge in [-0.1, -0.05) is 0 Å². The summed E-state index contributed by atoms with van der Waals surface area (Å²) >= 11 is 0. The molecule has 0 fully saturated rings. The van der Waals surface area contributed by atoms with Gasteiger partial charge in [0.15, 0.2) is 0 Å². The van der Waals surface area contributed by atoms with E-state index < -0.39 is 5.82 Å². The summed E-state index contributed by atoms with van der Waals surface area (Å²) in [5.41, 5.74) is 0.714. The van der Waals surface area contributed by atoms with Gasteiger partial charge in [0.25, 0.3) is 0 Å². The number of hydrogen-bond acceptors (Lipinski definition) is 3.